The highest BCUT2D eigenvalue weighted by atomic mass is 32.2. The molecule has 0 spiro atoms. The zero-order chi connectivity index (χ0) is 27.1. The second kappa shape index (κ2) is 12.7. The van der Waals surface area contributed by atoms with Crippen LogP contribution in [0.1, 0.15) is 32.1 Å². The van der Waals surface area contributed by atoms with E-state index in [2.05, 4.69) is 27.2 Å². The number of nitrogens with one attached hydrogen (secondary N) is 1. The Morgan fingerprint density at radius 2 is 1.48 bits per heavy atom. The number of para-hydroxylation sites is 2. The number of hydrogen-bond acceptors (Lipinski definition) is 6. The molecule has 1 aliphatic carbocycles. The van der Waals surface area contributed by atoms with Crippen molar-refractivity contribution in [2.75, 3.05) is 42.1 Å². The van der Waals surface area contributed by atoms with Crippen LogP contribution in [0.3, 0.4) is 0 Å². The number of aromatic nitrogens is 1. The van der Waals surface area contributed by atoms with E-state index >= 15 is 0 Å². The first-order valence-corrected chi connectivity index (χ1v) is 15.4. The second-order valence-electron chi connectivity index (χ2n) is 10.6. The van der Waals surface area contributed by atoms with Gasteiger partial charge in [0, 0.05) is 43.3 Å². The van der Waals surface area contributed by atoms with Crippen molar-refractivity contribution in [3.05, 3.63) is 84.9 Å². The highest BCUT2D eigenvalue weighted by molar-refractivity contribution is 7.99. The summed E-state index contributed by atoms with van der Waals surface area (Å²) in [6.07, 6.45) is 6.81. The Morgan fingerprint density at radius 3 is 2.20 bits per heavy atom. The fourth-order valence-corrected chi connectivity index (χ4v) is 6.51. The molecule has 1 saturated heterocycles. The molecule has 2 fully saturated rings. The van der Waals surface area contributed by atoms with Gasteiger partial charge in [0.05, 0.1) is 17.1 Å². The zero-order valence-electron chi connectivity index (χ0n) is 22.8. The molecule has 7 heteroatoms. The number of anilines is 2. The molecular formula is C33H36N4O2S. The van der Waals surface area contributed by atoms with E-state index in [-0.39, 0.29) is 11.7 Å². The Bertz CT molecular complexity index is 1340. The van der Waals surface area contributed by atoms with Gasteiger partial charge in [-0.3, -0.25) is 9.69 Å². The lowest BCUT2D eigenvalue weighted by Crippen LogP contribution is -2.51. The van der Waals surface area contributed by atoms with Gasteiger partial charge < -0.3 is 14.6 Å². The number of amides is 1. The zero-order valence-corrected chi connectivity index (χ0v) is 23.6. The molecule has 0 unspecified atom stereocenters. The van der Waals surface area contributed by atoms with Crippen molar-refractivity contribution in [2.45, 2.75) is 43.4 Å². The molecule has 3 aromatic carbocycles. The SMILES string of the molecule is O=C(CSc1nc(-c2ccccc2)c(-c2ccccc2)o1)Nc1ccccc1N1CCN(C2CCCCC2)CC1. The molecule has 206 valence electrons. The molecule has 1 N–H and O–H groups in total. The van der Waals surface area contributed by atoms with E-state index in [4.69, 9.17) is 9.40 Å². The van der Waals surface area contributed by atoms with Crippen LogP contribution in [0.4, 0.5) is 11.4 Å². The summed E-state index contributed by atoms with van der Waals surface area (Å²) in [7, 11) is 0. The minimum absolute atomic E-state index is 0.0704. The van der Waals surface area contributed by atoms with E-state index in [0.29, 0.717) is 11.0 Å². The number of hydrogen-bond donors (Lipinski definition) is 1. The van der Waals surface area contributed by atoms with Crippen molar-refractivity contribution in [1.29, 1.82) is 0 Å². The van der Waals surface area contributed by atoms with E-state index in [0.717, 1.165) is 60.4 Å². The summed E-state index contributed by atoms with van der Waals surface area (Å²) < 4.78 is 6.19. The van der Waals surface area contributed by atoms with Crippen LogP contribution in [-0.4, -0.2) is 53.8 Å². The molecule has 0 radical (unpaired) electrons. The molecule has 2 aliphatic rings. The molecule has 1 saturated carbocycles. The number of carbonyl (C=O) groups is 1. The lowest BCUT2D eigenvalue weighted by molar-refractivity contribution is -0.113. The maximum Gasteiger partial charge on any atom is 0.257 e. The fraction of sp³-hybridized carbons (Fsp3) is 0.333. The molecule has 1 aromatic heterocycles. The van der Waals surface area contributed by atoms with Crippen LogP contribution >= 0.6 is 11.8 Å². The summed E-state index contributed by atoms with van der Waals surface area (Å²) in [6, 6.07) is 28.9. The van der Waals surface area contributed by atoms with Crippen LogP contribution in [-0.2, 0) is 4.79 Å². The second-order valence-corrected chi connectivity index (χ2v) is 11.5. The number of rotatable bonds is 8. The number of nitrogens with zero attached hydrogens (tertiary/aromatic N) is 3. The molecule has 6 nitrogen and oxygen atoms in total. The topological polar surface area (TPSA) is 61.6 Å². The summed E-state index contributed by atoms with van der Waals surface area (Å²) >= 11 is 1.32. The molecule has 0 atom stereocenters. The predicted octanol–water partition coefficient (Wildman–Crippen LogP) is 7.19. The van der Waals surface area contributed by atoms with Gasteiger partial charge in [-0.2, -0.15) is 0 Å². The molecule has 4 aromatic rings. The Balaban J connectivity index is 1.10. The van der Waals surface area contributed by atoms with Gasteiger partial charge in [0.15, 0.2) is 5.76 Å². The summed E-state index contributed by atoms with van der Waals surface area (Å²) in [6.45, 7) is 4.14. The summed E-state index contributed by atoms with van der Waals surface area (Å²) in [5, 5.41) is 3.64. The van der Waals surface area contributed by atoms with Crippen LogP contribution in [0.5, 0.6) is 0 Å². The standard InChI is InChI=1S/C33H36N4O2S/c38-30(24-40-33-35-31(25-12-4-1-5-13-25)32(39-33)26-14-6-2-7-15-26)34-28-18-10-11-19-29(28)37-22-20-36(21-23-37)27-16-8-3-9-17-27/h1-2,4-7,10-15,18-19,27H,3,8-9,16-17,20-24H2,(H,34,38). The van der Waals surface area contributed by atoms with E-state index in [1.807, 2.05) is 72.8 Å². The third-order valence-corrected chi connectivity index (χ3v) is 8.77. The quantitative estimate of drug-likeness (QED) is 0.233. The summed E-state index contributed by atoms with van der Waals surface area (Å²) in [5.74, 6) is 0.860. The van der Waals surface area contributed by atoms with Crippen LogP contribution in [0, 0.1) is 0 Å². The first-order chi connectivity index (χ1) is 19.7. The Labute approximate surface area is 240 Å². The van der Waals surface area contributed by atoms with Crippen molar-refractivity contribution >= 4 is 29.0 Å². The molecule has 2 heterocycles. The molecule has 0 bridgehead atoms. The third-order valence-electron chi connectivity index (χ3n) is 7.94. The largest absolute Gasteiger partial charge is 0.431 e. The van der Waals surface area contributed by atoms with Crippen molar-refractivity contribution in [3.63, 3.8) is 0 Å². The molecule has 6 rings (SSSR count). The van der Waals surface area contributed by atoms with Crippen LogP contribution in [0.15, 0.2) is 94.6 Å². The highest BCUT2D eigenvalue weighted by Gasteiger charge is 2.26. The maximum atomic E-state index is 13.1. The van der Waals surface area contributed by atoms with Gasteiger partial charge in [0.2, 0.25) is 5.91 Å². The predicted molar refractivity (Wildman–Crippen MR) is 164 cm³/mol. The Morgan fingerprint density at radius 1 is 0.825 bits per heavy atom. The van der Waals surface area contributed by atoms with Crippen molar-refractivity contribution < 1.29 is 9.21 Å². The molecule has 1 amide bonds. The van der Waals surface area contributed by atoms with E-state index in [1.54, 1.807) is 0 Å². The molecule has 1 aliphatic heterocycles. The first-order valence-electron chi connectivity index (χ1n) is 14.4. The summed E-state index contributed by atoms with van der Waals surface area (Å²) in [5.41, 5.74) is 4.69. The van der Waals surface area contributed by atoms with Crippen LogP contribution in [0.25, 0.3) is 22.6 Å². The smallest absolute Gasteiger partial charge is 0.257 e. The van der Waals surface area contributed by atoms with Crippen molar-refractivity contribution in [1.82, 2.24) is 9.88 Å². The number of carbonyl (C=O) groups excluding carboxylic acids is 1. The number of piperazine rings is 1. The van der Waals surface area contributed by atoms with Gasteiger partial charge in [-0.25, -0.2) is 4.98 Å². The van der Waals surface area contributed by atoms with Crippen molar-refractivity contribution in [3.8, 4) is 22.6 Å². The Hall–Kier alpha value is -3.55. The van der Waals surface area contributed by atoms with Crippen LogP contribution < -0.4 is 10.2 Å². The lowest BCUT2D eigenvalue weighted by Gasteiger charge is -2.42. The number of oxazole rings is 1. The van der Waals surface area contributed by atoms with Gasteiger partial charge in [-0.15, -0.1) is 0 Å². The van der Waals surface area contributed by atoms with E-state index in [9.17, 15) is 4.79 Å². The van der Waals surface area contributed by atoms with Gasteiger partial charge in [0.1, 0.15) is 5.69 Å². The molecule has 40 heavy (non-hydrogen) atoms. The van der Waals surface area contributed by atoms with E-state index < -0.39 is 0 Å². The third kappa shape index (κ3) is 6.26. The van der Waals surface area contributed by atoms with Gasteiger partial charge in [-0.1, -0.05) is 104 Å². The highest BCUT2D eigenvalue weighted by Crippen LogP contribution is 2.36. The molecular weight excluding hydrogens is 516 g/mol. The van der Waals surface area contributed by atoms with Gasteiger partial charge in [-0.05, 0) is 25.0 Å². The fourth-order valence-electron chi connectivity index (χ4n) is 5.88. The van der Waals surface area contributed by atoms with E-state index in [1.165, 1.54) is 43.9 Å². The average molecular weight is 553 g/mol. The Kier molecular flexibility index (Phi) is 8.50. The normalized spacial score (nSPS) is 16.6. The maximum absolute atomic E-state index is 13.1. The monoisotopic (exact) mass is 552 g/mol. The number of benzene rings is 3. The van der Waals surface area contributed by atoms with Gasteiger partial charge >= 0.3 is 0 Å². The first kappa shape index (κ1) is 26.7. The minimum atomic E-state index is -0.0704. The lowest BCUT2D eigenvalue weighted by atomic mass is 9.94. The van der Waals surface area contributed by atoms with Crippen LogP contribution in [0.2, 0.25) is 0 Å². The van der Waals surface area contributed by atoms with Crippen molar-refractivity contribution in [2.24, 2.45) is 0 Å². The summed E-state index contributed by atoms with van der Waals surface area (Å²) in [4.78, 5) is 22.9. The average Bonchev–Trinajstić information content (AvgIpc) is 3.46. The number of thioether (sulfide) groups is 1. The minimum Gasteiger partial charge on any atom is -0.431 e. The van der Waals surface area contributed by atoms with Gasteiger partial charge in [0.25, 0.3) is 5.22 Å².